The van der Waals surface area contributed by atoms with Crippen molar-refractivity contribution >= 4 is 17.4 Å². The zero-order valence-corrected chi connectivity index (χ0v) is 21.8. The maximum atomic E-state index is 13.3. The predicted molar refractivity (Wildman–Crippen MR) is 143 cm³/mol. The van der Waals surface area contributed by atoms with Crippen molar-refractivity contribution in [3.63, 3.8) is 0 Å². The Balaban J connectivity index is 1.29. The monoisotopic (exact) mass is 513 g/mol. The van der Waals surface area contributed by atoms with Crippen molar-refractivity contribution in [3.05, 3.63) is 48.5 Å². The van der Waals surface area contributed by atoms with Gasteiger partial charge in [-0.15, -0.1) is 5.10 Å². The standard InChI is InChI=1S/C26H31N11O/c1-17(2)37-25(31-32-33-37)21-5-4-6-24(29-21)30-26(38)22-13-20(18-14-28-36(16-18)19-7-8-19)23(15-27-22)35-11-9-34(3)10-12-35/h4-6,13-17,19H,7-12H2,1-3H3,(H,29,30,38). The third-order valence-electron chi connectivity index (χ3n) is 6.99. The summed E-state index contributed by atoms with van der Waals surface area (Å²) in [7, 11) is 2.13. The highest BCUT2D eigenvalue weighted by molar-refractivity contribution is 6.03. The molecule has 0 bridgehead atoms. The first-order valence-corrected chi connectivity index (χ1v) is 13.0. The van der Waals surface area contributed by atoms with E-state index in [-0.39, 0.29) is 11.9 Å². The van der Waals surface area contributed by atoms with Crippen LogP contribution in [0, 0.1) is 0 Å². The lowest BCUT2D eigenvalue weighted by Gasteiger charge is -2.35. The number of aromatic nitrogens is 8. The number of carbonyl (C=O) groups excluding carboxylic acids is 1. The van der Waals surface area contributed by atoms with Crippen molar-refractivity contribution in [1.29, 1.82) is 0 Å². The molecule has 1 amide bonds. The van der Waals surface area contributed by atoms with Crippen molar-refractivity contribution in [2.45, 2.75) is 38.8 Å². The normalized spacial score (nSPS) is 16.3. The first-order valence-electron chi connectivity index (χ1n) is 13.0. The van der Waals surface area contributed by atoms with Crippen LogP contribution in [0.2, 0.25) is 0 Å². The summed E-state index contributed by atoms with van der Waals surface area (Å²) < 4.78 is 3.73. The largest absolute Gasteiger partial charge is 0.367 e. The number of pyridine rings is 2. The molecule has 0 aromatic carbocycles. The molecule has 5 heterocycles. The van der Waals surface area contributed by atoms with Gasteiger partial charge < -0.3 is 15.1 Å². The van der Waals surface area contributed by atoms with E-state index in [0.29, 0.717) is 29.1 Å². The Labute approximate surface area is 220 Å². The van der Waals surface area contributed by atoms with E-state index in [2.05, 4.69) is 59.0 Å². The first-order chi connectivity index (χ1) is 18.5. The minimum absolute atomic E-state index is 0.0748. The molecule has 196 valence electrons. The van der Waals surface area contributed by atoms with Gasteiger partial charge in [-0.25, -0.2) is 14.6 Å². The summed E-state index contributed by atoms with van der Waals surface area (Å²) in [4.78, 5) is 27.1. The third kappa shape index (κ3) is 4.86. The van der Waals surface area contributed by atoms with Crippen LogP contribution in [-0.4, -0.2) is 84.0 Å². The van der Waals surface area contributed by atoms with Gasteiger partial charge in [0.05, 0.1) is 30.2 Å². The molecule has 0 radical (unpaired) electrons. The third-order valence-corrected chi connectivity index (χ3v) is 6.99. The molecule has 2 aliphatic rings. The minimum atomic E-state index is -0.334. The Bertz CT molecular complexity index is 1450. The number of carbonyl (C=O) groups is 1. The van der Waals surface area contributed by atoms with E-state index in [1.54, 1.807) is 10.7 Å². The fourth-order valence-electron chi connectivity index (χ4n) is 4.64. The summed E-state index contributed by atoms with van der Waals surface area (Å²) >= 11 is 0. The molecule has 38 heavy (non-hydrogen) atoms. The maximum Gasteiger partial charge on any atom is 0.275 e. The molecule has 1 N–H and O–H groups in total. The van der Waals surface area contributed by atoms with E-state index in [1.807, 2.05) is 49.1 Å². The molecule has 0 atom stereocenters. The van der Waals surface area contributed by atoms with Crippen LogP contribution >= 0.6 is 0 Å². The van der Waals surface area contributed by atoms with Crippen molar-refractivity contribution in [2.24, 2.45) is 0 Å². The highest BCUT2D eigenvalue weighted by Crippen LogP contribution is 2.37. The fourth-order valence-corrected chi connectivity index (χ4v) is 4.64. The Morgan fingerprint density at radius 3 is 2.68 bits per heavy atom. The van der Waals surface area contributed by atoms with Gasteiger partial charge in [0, 0.05) is 43.5 Å². The van der Waals surface area contributed by atoms with Gasteiger partial charge in [0.25, 0.3) is 5.91 Å². The van der Waals surface area contributed by atoms with Crippen LogP contribution in [0.25, 0.3) is 22.6 Å². The summed E-state index contributed by atoms with van der Waals surface area (Å²) in [6.45, 7) is 7.75. The van der Waals surface area contributed by atoms with E-state index in [4.69, 9.17) is 0 Å². The minimum Gasteiger partial charge on any atom is -0.367 e. The van der Waals surface area contributed by atoms with Crippen molar-refractivity contribution in [3.8, 4) is 22.6 Å². The van der Waals surface area contributed by atoms with Crippen LogP contribution in [0.4, 0.5) is 11.5 Å². The molecule has 12 nitrogen and oxygen atoms in total. The highest BCUT2D eigenvalue weighted by atomic mass is 16.1. The van der Waals surface area contributed by atoms with Crippen LogP contribution in [0.1, 0.15) is 49.3 Å². The first kappa shape index (κ1) is 24.2. The molecule has 0 spiro atoms. The van der Waals surface area contributed by atoms with E-state index >= 15 is 0 Å². The molecule has 1 saturated heterocycles. The topological polar surface area (TPSA) is 123 Å². The fraction of sp³-hybridized carbons (Fsp3) is 0.423. The van der Waals surface area contributed by atoms with Gasteiger partial charge in [-0.1, -0.05) is 6.07 Å². The zero-order chi connectivity index (χ0) is 26.2. The van der Waals surface area contributed by atoms with Gasteiger partial charge >= 0.3 is 0 Å². The number of likely N-dealkylation sites (N-methyl/N-ethyl adjacent to an activating group) is 1. The van der Waals surface area contributed by atoms with Crippen molar-refractivity contribution < 1.29 is 4.79 Å². The number of nitrogens with zero attached hydrogens (tertiary/aromatic N) is 10. The Kier molecular flexibility index (Phi) is 6.32. The lowest BCUT2D eigenvalue weighted by atomic mass is 10.1. The number of anilines is 2. The smallest absolute Gasteiger partial charge is 0.275 e. The number of hydrogen-bond acceptors (Lipinski definition) is 9. The zero-order valence-electron chi connectivity index (χ0n) is 21.8. The average Bonchev–Trinajstić information content (AvgIpc) is 3.44. The molecule has 1 aliphatic carbocycles. The lowest BCUT2D eigenvalue weighted by molar-refractivity contribution is 0.102. The average molecular weight is 514 g/mol. The summed E-state index contributed by atoms with van der Waals surface area (Å²) in [6.07, 6.45) is 8.10. The van der Waals surface area contributed by atoms with E-state index in [9.17, 15) is 4.79 Å². The SMILES string of the molecule is CC(C)n1nnnc1-c1cccc(NC(=O)c2cc(-c3cnn(C4CC4)c3)c(N3CCN(C)CC3)cn2)n1. The van der Waals surface area contributed by atoms with Crippen LogP contribution < -0.4 is 10.2 Å². The summed E-state index contributed by atoms with van der Waals surface area (Å²) in [5.41, 5.74) is 3.86. The van der Waals surface area contributed by atoms with Crippen molar-refractivity contribution in [2.75, 3.05) is 43.4 Å². The molecule has 12 heteroatoms. The van der Waals surface area contributed by atoms with E-state index in [0.717, 1.165) is 55.8 Å². The number of piperazine rings is 1. The second-order valence-corrected chi connectivity index (χ2v) is 10.2. The molecule has 4 aromatic heterocycles. The van der Waals surface area contributed by atoms with Crippen molar-refractivity contribution in [1.82, 2.24) is 44.9 Å². The molecule has 1 saturated carbocycles. The maximum absolute atomic E-state index is 13.3. The molecular weight excluding hydrogens is 482 g/mol. The van der Waals surface area contributed by atoms with Gasteiger partial charge in [0.1, 0.15) is 17.2 Å². The molecule has 6 rings (SSSR count). The highest BCUT2D eigenvalue weighted by Gasteiger charge is 2.26. The van der Waals surface area contributed by atoms with Gasteiger partial charge in [0.2, 0.25) is 5.82 Å². The number of nitrogens with one attached hydrogen (secondary N) is 1. The molecule has 0 unspecified atom stereocenters. The summed E-state index contributed by atoms with van der Waals surface area (Å²) in [6, 6.07) is 7.80. The van der Waals surface area contributed by atoms with Gasteiger partial charge in [0.15, 0.2) is 0 Å². The van der Waals surface area contributed by atoms with Crippen LogP contribution in [0.15, 0.2) is 42.9 Å². The van der Waals surface area contributed by atoms with E-state index < -0.39 is 0 Å². The summed E-state index contributed by atoms with van der Waals surface area (Å²) in [5.74, 6) is 0.610. The Morgan fingerprint density at radius 1 is 1.11 bits per heavy atom. The molecule has 2 fully saturated rings. The van der Waals surface area contributed by atoms with Crippen LogP contribution in [-0.2, 0) is 0 Å². The van der Waals surface area contributed by atoms with Crippen LogP contribution in [0.3, 0.4) is 0 Å². The Hall–Kier alpha value is -4.19. The molecule has 1 aliphatic heterocycles. The predicted octanol–water partition coefficient (Wildman–Crippen LogP) is 2.91. The van der Waals surface area contributed by atoms with Gasteiger partial charge in [-0.3, -0.25) is 9.48 Å². The van der Waals surface area contributed by atoms with Crippen LogP contribution in [0.5, 0.6) is 0 Å². The molecular formula is C26H31N11O. The number of amides is 1. The second-order valence-electron chi connectivity index (χ2n) is 10.2. The number of rotatable bonds is 7. The summed E-state index contributed by atoms with van der Waals surface area (Å²) in [5, 5.41) is 19.4. The number of hydrogen-bond donors (Lipinski definition) is 1. The van der Waals surface area contributed by atoms with Gasteiger partial charge in [-0.05, 0) is 62.4 Å². The lowest BCUT2D eigenvalue weighted by Crippen LogP contribution is -2.44. The van der Waals surface area contributed by atoms with Gasteiger partial charge in [-0.2, -0.15) is 5.10 Å². The Morgan fingerprint density at radius 2 is 1.92 bits per heavy atom. The number of tetrazole rings is 1. The van der Waals surface area contributed by atoms with E-state index in [1.165, 1.54) is 0 Å². The quantitative estimate of drug-likeness (QED) is 0.397. The molecule has 4 aromatic rings. The second kappa shape index (κ2) is 9.93.